The van der Waals surface area contributed by atoms with Crippen molar-refractivity contribution in [1.82, 2.24) is 20.4 Å². The van der Waals surface area contributed by atoms with Gasteiger partial charge in [0, 0.05) is 31.3 Å². The van der Waals surface area contributed by atoms with Gasteiger partial charge in [0.25, 0.3) is 0 Å². The number of ether oxygens (including phenoxy) is 1. The number of likely N-dealkylation sites (N-methyl/N-ethyl adjacent to an activating group) is 1. The third-order valence-corrected chi connectivity index (χ3v) is 9.07. The van der Waals surface area contributed by atoms with E-state index in [1.807, 2.05) is 58.0 Å². The summed E-state index contributed by atoms with van der Waals surface area (Å²) < 4.78 is 20.2. The first-order valence-electron chi connectivity index (χ1n) is 15.3. The van der Waals surface area contributed by atoms with E-state index in [0.29, 0.717) is 18.4 Å². The van der Waals surface area contributed by atoms with Crippen LogP contribution in [0.2, 0.25) is 0 Å². The fraction of sp³-hybridized carbons (Fsp3) is 0.515. The smallest absolute Gasteiger partial charge is 0.410 e. The summed E-state index contributed by atoms with van der Waals surface area (Å²) >= 11 is 0. The Morgan fingerprint density at radius 1 is 1.07 bits per heavy atom. The molecule has 2 aromatic rings. The topological polar surface area (TPSA) is 120 Å². The largest absolute Gasteiger partial charge is 0.444 e. The molecule has 3 N–H and O–H groups in total. The minimum atomic E-state index is -1.03. The van der Waals surface area contributed by atoms with Crippen LogP contribution in [0, 0.1) is 17.2 Å². The molecule has 1 saturated carbocycles. The number of nitrogens with zero attached hydrogens (tertiary/aromatic N) is 2. The van der Waals surface area contributed by atoms with E-state index in [1.54, 1.807) is 12.1 Å². The summed E-state index contributed by atoms with van der Waals surface area (Å²) in [6.07, 6.45) is -0.108. The molecule has 2 aromatic carbocycles. The molecule has 236 valence electrons. The fourth-order valence-corrected chi connectivity index (χ4v) is 6.45. The Hall–Kier alpha value is -4.15. The molecule has 5 rings (SSSR count). The average molecular weight is 608 g/mol. The lowest BCUT2D eigenvalue weighted by molar-refractivity contribution is -0.141. The summed E-state index contributed by atoms with van der Waals surface area (Å²) in [4.78, 5) is 57.1. The maximum Gasteiger partial charge on any atom is 0.410 e. The van der Waals surface area contributed by atoms with Crippen molar-refractivity contribution < 1.29 is 28.3 Å². The van der Waals surface area contributed by atoms with E-state index in [2.05, 4.69) is 16.0 Å². The van der Waals surface area contributed by atoms with E-state index in [9.17, 15) is 23.6 Å². The van der Waals surface area contributed by atoms with E-state index in [-0.39, 0.29) is 49.6 Å². The molecule has 2 aliphatic heterocycles. The number of likely N-dealkylation sites (tertiary alicyclic amines) is 1. The maximum absolute atomic E-state index is 14.3. The first kappa shape index (κ1) is 31.3. The first-order valence-corrected chi connectivity index (χ1v) is 15.3. The molecule has 1 saturated heterocycles. The summed E-state index contributed by atoms with van der Waals surface area (Å²) in [5, 5.41) is 8.96. The van der Waals surface area contributed by atoms with Gasteiger partial charge in [0.15, 0.2) is 0 Å². The van der Waals surface area contributed by atoms with Gasteiger partial charge in [-0.2, -0.15) is 0 Å². The fourth-order valence-electron chi connectivity index (χ4n) is 6.45. The predicted octanol–water partition coefficient (Wildman–Crippen LogP) is 3.81. The van der Waals surface area contributed by atoms with E-state index >= 15 is 0 Å². The third kappa shape index (κ3) is 6.09. The predicted molar refractivity (Wildman–Crippen MR) is 163 cm³/mol. The van der Waals surface area contributed by atoms with Gasteiger partial charge in [-0.05, 0) is 41.5 Å². The molecule has 2 fully saturated rings. The zero-order chi connectivity index (χ0) is 31.8. The summed E-state index contributed by atoms with van der Waals surface area (Å²) in [6.45, 7) is 8.09. The number of rotatable bonds is 8. The van der Waals surface area contributed by atoms with Gasteiger partial charge >= 0.3 is 6.09 Å². The normalized spacial score (nSPS) is 24.7. The Kier molecular flexibility index (Phi) is 8.59. The van der Waals surface area contributed by atoms with Crippen LogP contribution in [-0.4, -0.2) is 70.9 Å². The number of halogens is 1. The number of carbonyl (C=O) groups is 4. The Bertz CT molecular complexity index is 1430. The van der Waals surface area contributed by atoms with Crippen LogP contribution in [0.15, 0.2) is 48.5 Å². The molecule has 4 amide bonds. The number of fused-ring (bicyclic) bond motifs is 1. The molecule has 2 heterocycles. The Balaban J connectivity index is 1.37. The molecule has 11 heteroatoms. The van der Waals surface area contributed by atoms with Crippen LogP contribution in [0.25, 0.3) is 0 Å². The molecule has 0 bridgehead atoms. The molecule has 10 nitrogen and oxygen atoms in total. The lowest BCUT2D eigenvalue weighted by Gasteiger charge is -2.36. The van der Waals surface area contributed by atoms with Crippen LogP contribution in [0.5, 0.6) is 0 Å². The Labute approximate surface area is 257 Å². The first-order chi connectivity index (χ1) is 20.9. The summed E-state index contributed by atoms with van der Waals surface area (Å²) in [7, 11) is 1.54. The number of carbonyl (C=O) groups excluding carboxylic acids is 4. The van der Waals surface area contributed by atoms with Crippen LogP contribution < -0.4 is 16.0 Å². The summed E-state index contributed by atoms with van der Waals surface area (Å²) in [6, 6.07) is 12.4. The van der Waals surface area contributed by atoms with Gasteiger partial charge in [0.1, 0.15) is 29.5 Å². The number of benzene rings is 2. The lowest BCUT2D eigenvalue weighted by atomic mass is 9.85. The van der Waals surface area contributed by atoms with Crippen molar-refractivity contribution in [3.63, 3.8) is 0 Å². The number of hydrogen-bond acceptors (Lipinski definition) is 6. The van der Waals surface area contributed by atoms with Crippen molar-refractivity contribution in [3.05, 3.63) is 65.5 Å². The van der Waals surface area contributed by atoms with Gasteiger partial charge in [-0.25, -0.2) is 9.18 Å². The summed E-state index contributed by atoms with van der Waals surface area (Å²) in [5.41, 5.74) is 0.367. The van der Waals surface area contributed by atoms with E-state index < -0.39 is 41.1 Å². The van der Waals surface area contributed by atoms with Crippen molar-refractivity contribution in [1.29, 1.82) is 0 Å². The van der Waals surface area contributed by atoms with Gasteiger partial charge in [-0.1, -0.05) is 64.4 Å². The van der Waals surface area contributed by atoms with Gasteiger partial charge < -0.3 is 25.6 Å². The maximum atomic E-state index is 14.3. The van der Waals surface area contributed by atoms with Gasteiger partial charge in [-0.15, -0.1) is 0 Å². The van der Waals surface area contributed by atoms with Crippen LogP contribution in [0.1, 0.15) is 58.1 Å². The van der Waals surface area contributed by atoms with Crippen LogP contribution >= 0.6 is 0 Å². The van der Waals surface area contributed by atoms with E-state index in [1.165, 1.54) is 22.9 Å². The molecule has 0 aromatic heterocycles. The highest BCUT2D eigenvalue weighted by molar-refractivity contribution is 5.98. The molecule has 1 aliphatic carbocycles. The van der Waals surface area contributed by atoms with Crippen molar-refractivity contribution in [3.8, 4) is 0 Å². The zero-order valence-electron chi connectivity index (χ0n) is 26.0. The second-order valence-electron chi connectivity index (χ2n) is 13.1. The minimum absolute atomic E-state index is 0.00500. The molecular weight excluding hydrogens is 565 g/mol. The van der Waals surface area contributed by atoms with E-state index in [0.717, 1.165) is 11.3 Å². The number of para-hydroxylation sites is 1. The second kappa shape index (κ2) is 12.1. The van der Waals surface area contributed by atoms with Crippen LogP contribution in [0.4, 0.5) is 14.9 Å². The van der Waals surface area contributed by atoms with Gasteiger partial charge in [0.05, 0.1) is 13.1 Å². The van der Waals surface area contributed by atoms with Crippen molar-refractivity contribution in [2.24, 2.45) is 11.3 Å². The van der Waals surface area contributed by atoms with Gasteiger partial charge in [0.2, 0.25) is 17.7 Å². The average Bonchev–Trinajstić information content (AvgIpc) is 3.30. The third-order valence-electron chi connectivity index (χ3n) is 9.07. The quantitative estimate of drug-likeness (QED) is 0.420. The Morgan fingerprint density at radius 3 is 2.41 bits per heavy atom. The van der Waals surface area contributed by atoms with Crippen molar-refractivity contribution in [2.45, 2.75) is 83.8 Å². The van der Waals surface area contributed by atoms with Crippen molar-refractivity contribution >= 4 is 29.5 Å². The minimum Gasteiger partial charge on any atom is -0.444 e. The molecule has 0 radical (unpaired) electrons. The molecule has 0 spiro atoms. The molecule has 3 aliphatic rings. The molecule has 44 heavy (non-hydrogen) atoms. The summed E-state index contributed by atoms with van der Waals surface area (Å²) in [5.74, 6) is -1.42. The number of hydrogen-bond donors (Lipinski definition) is 3. The van der Waals surface area contributed by atoms with Crippen LogP contribution in [0.3, 0.4) is 0 Å². The molecule has 3 unspecified atom stereocenters. The number of nitrogens with one attached hydrogen (secondary N) is 3. The van der Waals surface area contributed by atoms with Crippen molar-refractivity contribution in [2.75, 3.05) is 18.9 Å². The molecular formula is C33H42FN5O5. The van der Waals surface area contributed by atoms with Gasteiger partial charge in [-0.3, -0.25) is 19.3 Å². The highest BCUT2D eigenvalue weighted by atomic mass is 19.1. The van der Waals surface area contributed by atoms with Crippen LogP contribution in [-0.2, 0) is 32.2 Å². The SMILES string of the molecule is CCC1CC1(NC(=O)C1C[C@@H](OC(=O)N2Cc3cccc(F)c3C2)CN1C(=O)[C@@H](Nc1ccccc1)C(C)(C)C)C(=O)NC. The highest BCUT2D eigenvalue weighted by Gasteiger charge is 2.61. The standard InChI is InChI=1S/C33H42FN5O5/c1-6-21-16-33(21,30(42)35-5)37-28(40)26-15-23(44-31(43)38-17-20-11-10-14-25(34)24(20)19-38)18-39(26)29(41)27(32(2,3)4)36-22-12-8-7-9-13-22/h7-14,21,23,26-27,36H,6,15-19H2,1-5H3,(H,35,42)(H,37,40)/t21?,23-,26?,27-,33?/m1/s1. The number of anilines is 1. The monoisotopic (exact) mass is 607 g/mol. The Morgan fingerprint density at radius 2 is 1.80 bits per heavy atom. The zero-order valence-corrected chi connectivity index (χ0v) is 26.0. The number of amides is 4. The lowest BCUT2D eigenvalue weighted by Crippen LogP contribution is -2.58. The highest BCUT2D eigenvalue weighted by Crippen LogP contribution is 2.46. The van der Waals surface area contributed by atoms with E-state index in [4.69, 9.17) is 4.74 Å². The second-order valence-corrected chi connectivity index (χ2v) is 13.1. The molecule has 5 atom stereocenters.